The molecule has 0 saturated carbocycles. The van der Waals surface area contributed by atoms with E-state index in [0.29, 0.717) is 12.6 Å². The number of ether oxygens (including phenoxy) is 3. The predicted octanol–water partition coefficient (Wildman–Crippen LogP) is 2.36. The summed E-state index contributed by atoms with van der Waals surface area (Å²) in [6, 6.07) is 8.15. The summed E-state index contributed by atoms with van der Waals surface area (Å²) in [5.74, 6) is 2.51. The molecule has 1 saturated heterocycles. The van der Waals surface area contributed by atoms with Crippen molar-refractivity contribution in [1.29, 1.82) is 0 Å². The van der Waals surface area contributed by atoms with Crippen molar-refractivity contribution in [3.63, 3.8) is 0 Å². The number of hydrogen-bond donors (Lipinski definition) is 2. The van der Waals surface area contributed by atoms with E-state index in [1.54, 1.807) is 14.2 Å². The minimum absolute atomic E-state index is 0. The number of rotatable bonds is 10. The van der Waals surface area contributed by atoms with Crippen LogP contribution in [0.4, 0.5) is 0 Å². The largest absolute Gasteiger partial charge is 0.497 e. The molecule has 1 heterocycles. The third kappa shape index (κ3) is 9.29. The van der Waals surface area contributed by atoms with E-state index in [2.05, 4.69) is 20.5 Å². The number of hydrogen-bond acceptors (Lipinski definition) is 5. The average Bonchev–Trinajstić information content (AvgIpc) is 2.72. The number of nitrogens with one attached hydrogen (secondary N) is 2. The number of aliphatic imine (C=N–C) groups is 1. The summed E-state index contributed by atoms with van der Waals surface area (Å²) >= 11 is 0. The smallest absolute Gasteiger partial charge is 0.191 e. The third-order valence-corrected chi connectivity index (χ3v) is 4.69. The minimum atomic E-state index is 0. The highest BCUT2D eigenvalue weighted by molar-refractivity contribution is 14.0. The Labute approximate surface area is 186 Å². The van der Waals surface area contributed by atoms with E-state index in [9.17, 15) is 0 Å². The zero-order valence-electron chi connectivity index (χ0n) is 17.3. The van der Waals surface area contributed by atoms with Crippen LogP contribution in [0.5, 0.6) is 11.5 Å². The molecular formula is C20H35IN4O3. The fourth-order valence-electron chi connectivity index (χ4n) is 3.07. The van der Waals surface area contributed by atoms with E-state index in [1.807, 2.05) is 31.3 Å². The van der Waals surface area contributed by atoms with Gasteiger partial charge in [-0.25, -0.2) is 0 Å². The zero-order chi connectivity index (χ0) is 19.3. The van der Waals surface area contributed by atoms with Crippen LogP contribution in [0, 0.1) is 0 Å². The van der Waals surface area contributed by atoms with Gasteiger partial charge in [-0.2, -0.15) is 0 Å². The lowest BCUT2D eigenvalue weighted by Gasteiger charge is -2.32. The Bertz CT molecular complexity index is 566. The third-order valence-electron chi connectivity index (χ3n) is 4.69. The van der Waals surface area contributed by atoms with Gasteiger partial charge in [-0.1, -0.05) is 6.07 Å². The highest BCUT2D eigenvalue weighted by atomic mass is 127. The molecule has 1 aliphatic heterocycles. The van der Waals surface area contributed by atoms with Crippen molar-refractivity contribution in [2.24, 2.45) is 4.99 Å². The first kappa shape index (κ1) is 24.8. The van der Waals surface area contributed by atoms with Gasteiger partial charge in [0.2, 0.25) is 0 Å². The Balaban J connectivity index is 0.00000392. The quantitative estimate of drug-likeness (QED) is 0.220. The molecule has 1 aliphatic rings. The van der Waals surface area contributed by atoms with Gasteiger partial charge < -0.3 is 29.7 Å². The second-order valence-electron chi connectivity index (χ2n) is 6.63. The van der Waals surface area contributed by atoms with Crippen LogP contribution in [0.2, 0.25) is 0 Å². The molecule has 160 valence electrons. The first-order valence-corrected chi connectivity index (χ1v) is 9.70. The van der Waals surface area contributed by atoms with Crippen molar-refractivity contribution in [2.45, 2.75) is 25.3 Å². The SMILES string of the molecule is CN=C(NCCCOc1cccc(OC)c1)NC1CCN(CCOC)CC1.I. The zero-order valence-corrected chi connectivity index (χ0v) is 19.6. The standard InChI is InChI=1S/C20H34N4O3.HI/c1-21-20(23-17-8-11-24(12-9-17)13-15-25-2)22-10-5-14-27-19-7-4-6-18(16-19)26-3;/h4,6-7,16-17H,5,8-15H2,1-3H3,(H2,21,22,23);1H. The van der Waals surface area contributed by atoms with Crippen LogP contribution in [-0.2, 0) is 4.74 Å². The van der Waals surface area contributed by atoms with Crippen molar-refractivity contribution >= 4 is 29.9 Å². The molecule has 2 rings (SSSR count). The second-order valence-corrected chi connectivity index (χ2v) is 6.63. The summed E-state index contributed by atoms with van der Waals surface area (Å²) < 4.78 is 16.1. The molecule has 0 atom stereocenters. The van der Waals surface area contributed by atoms with E-state index < -0.39 is 0 Å². The highest BCUT2D eigenvalue weighted by Crippen LogP contribution is 2.18. The number of methoxy groups -OCH3 is 2. The van der Waals surface area contributed by atoms with E-state index in [0.717, 1.165) is 69.5 Å². The van der Waals surface area contributed by atoms with Crippen LogP contribution in [0.3, 0.4) is 0 Å². The first-order valence-electron chi connectivity index (χ1n) is 9.70. The lowest BCUT2D eigenvalue weighted by molar-refractivity contribution is 0.128. The van der Waals surface area contributed by atoms with Gasteiger partial charge in [-0.3, -0.25) is 4.99 Å². The molecule has 1 aromatic rings. The lowest BCUT2D eigenvalue weighted by atomic mass is 10.1. The fraction of sp³-hybridized carbons (Fsp3) is 0.650. The summed E-state index contributed by atoms with van der Waals surface area (Å²) in [6.45, 7) is 5.49. The Morgan fingerprint density at radius 3 is 2.61 bits per heavy atom. The molecular weight excluding hydrogens is 471 g/mol. The molecule has 8 heteroatoms. The number of likely N-dealkylation sites (tertiary alicyclic amines) is 1. The molecule has 7 nitrogen and oxygen atoms in total. The predicted molar refractivity (Wildman–Crippen MR) is 124 cm³/mol. The normalized spacial score (nSPS) is 15.6. The Kier molecular flexibility index (Phi) is 13.0. The van der Waals surface area contributed by atoms with Crippen LogP contribution in [-0.4, -0.2) is 77.6 Å². The summed E-state index contributed by atoms with van der Waals surface area (Å²) in [5.41, 5.74) is 0. The van der Waals surface area contributed by atoms with Crippen LogP contribution in [0.1, 0.15) is 19.3 Å². The van der Waals surface area contributed by atoms with Crippen molar-refractivity contribution in [2.75, 3.05) is 60.7 Å². The molecule has 0 aromatic heterocycles. The van der Waals surface area contributed by atoms with Crippen LogP contribution in [0.25, 0.3) is 0 Å². The maximum atomic E-state index is 5.76. The van der Waals surface area contributed by atoms with E-state index in [-0.39, 0.29) is 24.0 Å². The van der Waals surface area contributed by atoms with Gasteiger partial charge in [0.25, 0.3) is 0 Å². The average molecular weight is 506 g/mol. The van der Waals surface area contributed by atoms with E-state index >= 15 is 0 Å². The monoisotopic (exact) mass is 506 g/mol. The van der Waals surface area contributed by atoms with Crippen molar-refractivity contribution in [3.05, 3.63) is 24.3 Å². The van der Waals surface area contributed by atoms with E-state index in [4.69, 9.17) is 14.2 Å². The maximum Gasteiger partial charge on any atom is 0.191 e. The van der Waals surface area contributed by atoms with Gasteiger partial charge in [-0.15, -0.1) is 24.0 Å². The molecule has 0 bridgehead atoms. The fourth-order valence-corrected chi connectivity index (χ4v) is 3.07. The Morgan fingerprint density at radius 2 is 1.93 bits per heavy atom. The Morgan fingerprint density at radius 1 is 1.18 bits per heavy atom. The van der Waals surface area contributed by atoms with Crippen molar-refractivity contribution < 1.29 is 14.2 Å². The van der Waals surface area contributed by atoms with E-state index in [1.165, 1.54) is 0 Å². The van der Waals surface area contributed by atoms with Gasteiger partial charge in [0, 0.05) is 52.4 Å². The van der Waals surface area contributed by atoms with Crippen LogP contribution < -0.4 is 20.1 Å². The molecule has 0 aliphatic carbocycles. The summed E-state index contributed by atoms with van der Waals surface area (Å²) in [6.07, 6.45) is 3.15. The van der Waals surface area contributed by atoms with Gasteiger partial charge in [0.05, 0.1) is 20.3 Å². The summed E-state index contributed by atoms with van der Waals surface area (Å²) in [5, 5.41) is 6.90. The molecule has 0 unspecified atom stereocenters. The van der Waals surface area contributed by atoms with Crippen molar-refractivity contribution in [1.82, 2.24) is 15.5 Å². The molecule has 1 aromatic carbocycles. The summed E-state index contributed by atoms with van der Waals surface area (Å²) in [7, 11) is 5.23. The number of benzene rings is 1. The molecule has 28 heavy (non-hydrogen) atoms. The first-order chi connectivity index (χ1) is 13.2. The van der Waals surface area contributed by atoms with Gasteiger partial charge in [0.15, 0.2) is 5.96 Å². The molecule has 0 radical (unpaired) electrons. The second kappa shape index (κ2) is 14.7. The van der Waals surface area contributed by atoms with Gasteiger partial charge >= 0.3 is 0 Å². The number of piperidine rings is 1. The van der Waals surface area contributed by atoms with Crippen LogP contribution in [0.15, 0.2) is 29.3 Å². The van der Waals surface area contributed by atoms with Crippen LogP contribution >= 0.6 is 24.0 Å². The maximum absolute atomic E-state index is 5.76. The molecule has 0 amide bonds. The topological polar surface area (TPSA) is 67.4 Å². The molecule has 0 spiro atoms. The highest BCUT2D eigenvalue weighted by Gasteiger charge is 2.19. The molecule has 2 N–H and O–H groups in total. The van der Waals surface area contributed by atoms with Gasteiger partial charge in [0.1, 0.15) is 11.5 Å². The Hall–Kier alpha value is -1.26. The minimum Gasteiger partial charge on any atom is -0.497 e. The van der Waals surface area contributed by atoms with Gasteiger partial charge in [-0.05, 0) is 31.4 Å². The number of nitrogens with zero attached hydrogens (tertiary/aromatic N) is 2. The number of halogens is 1. The molecule has 1 fully saturated rings. The lowest BCUT2D eigenvalue weighted by Crippen LogP contribution is -2.49. The number of guanidine groups is 1. The van der Waals surface area contributed by atoms with Crippen molar-refractivity contribution in [3.8, 4) is 11.5 Å². The summed E-state index contributed by atoms with van der Waals surface area (Å²) in [4.78, 5) is 6.78.